The van der Waals surface area contributed by atoms with Crippen molar-refractivity contribution >= 4 is 12.2 Å². The van der Waals surface area contributed by atoms with Crippen molar-refractivity contribution in [1.29, 1.82) is 0 Å². The zero-order chi connectivity index (χ0) is 10.6. The van der Waals surface area contributed by atoms with Gasteiger partial charge in [-0.2, -0.15) is 5.10 Å². The number of phenols is 1. The number of benzene rings is 1. The molecule has 0 bridgehead atoms. The zero-order valence-corrected chi connectivity index (χ0v) is 7.69. The number of phenolic OH excluding ortho intramolecular Hbond substituents is 1. The van der Waals surface area contributed by atoms with Gasteiger partial charge in [0.15, 0.2) is 0 Å². The maximum atomic E-state index is 10.3. The van der Waals surface area contributed by atoms with Crippen LogP contribution < -0.4 is 11.2 Å². The number of nitrogens with one attached hydrogen (secondary N) is 1. The molecule has 2 amide bonds. The van der Waals surface area contributed by atoms with Gasteiger partial charge in [-0.15, -0.1) is 0 Å². The van der Waals surface area contributed by atoms with E-state index in [0.29, 0.717) is 5.56 Å². The SMILES string of the molecule is Cc1ccc(O)c(C=NNC(N)=O)c1. The number of urea groups is 1. The van der Waals surface area contributed by atoms with Crippen molar-refractivity contribution in [2.24, 2.45) is 10.8 Å². The van der Waals surface area contributed by atoms with Gasteiger partial charge in [0.1, 0.15) is 5.75 Å². The average molecular weight is 193 g/mol. The standard InChI is InChI=1S/C9H11N3O2/c1-6-2-3-8(13)7(4-6)5-11-12-9(10)14/h2-5,13H,1H3,(H3,10,12,14). The number of aromatic hydroxyl groups is 1. The molecule has 0 unspecified atom stereocenters. The van der Waals surface area contributed by atoms with E-state index in [1.165, 1.54) is 6.21 Å². The molecule has 14 heavy (non-hydrogen) atoms. The monoisotopic (exact) mass is 193 g/mol. The predicted molar refractivity (Wildman–Crippen MR) is 53.2 cm³/mol. The van der Waals surface area contributed by atoms with E-state index in [1.807, 2.05) is 12.3 Å². The lowest BCUT2D eigenvalue weighted by Crippen LogP contribution is -2.24. The summed E-state index contributed by atoms with van der Waals surface area (Å²) in [5.41, 5.74) is 8.35. The van der Waals surface area contributed by atoms with Crippen LogP contribution in [0.2, 0.25) is 0 Å². The highest BCUT2D eigenvalue weighted by Crippen LogP contribution is 2.15. The molecule has 0 radical (unpaired) electrons. The van der Waals surface area contributed by atoms with Gasteiger partial charge in [-0.3, -0.25) is 0 Å². The number of nitrogens with two attached hydrogens (primary N) is 1. The normalized spacial score (nSPS) is 10.4. The van der Waals surface area contributed by atoms with Crippen LogP contribution in [0, 0.1) is 6.92 Å². The fourth-order valence-corrected chi connectivity index (χ4v) is 0.943. The Labute approximate surface area is 81.2 Å². The van der Waals surface area contributed by atoms with E-state index in [4.69, 9.17) is 5.73 Å². The highest BCUT2D eigenvalue weighted by molar-refractivity contribution is 5.84. The second-order valence-electron chi connectivity index (χ2n) is 2.80. The van der Waals surface area contributed by atoms with Gasteiger partial charge in [0, 0.05) is 5.56 Å². The molecule has 1 aromatic carbocycles. The van der Waals surface area contributed by atoms with E-state index in [-0.39, 0.29) is 5.75 Å². The van der Waals surface area contributed by atoms with Crippen LogP contribution in [-0.2, 0) is 0 Å². The lowest BCUT2D eigenvalue weighted by atomic mass is 10.1. The third kappa shape index (κ3) is 2.78. The average Bonchev–Trinajstić information content (AvgIpc) is 2.10. The molecule has 0 aliphatic carbocycles. The molecule has 0 aliphatic heterocycles. The number of hydrogen-bond donors (Lipinski definition) is 3. The first-order valence-electron chi connectivity index (χ1n) is 3.97. The molecule has 0 spiro atoms. The van der Waals surface area contributed by atoms with Crippen molar-refractivity contribution in [3.05, 3.63) is 29.3 Å². The summed E-state index contributed by atoms with van der Waals surface area (Å²) in [6, 6.07) is 4.32. The first-order valence-corrected chi connectivity index (χ1v) is 3.97. The molecule has 1 rings (SSSR count). The summed E-state index contributed by atoms with van der Waals surface area (Å²) in [7, 11) is 0. The molecule has 0 aromatic heterocycles. The van der Waals surface area contributed by atoms with Crippen molar-refractivity contribution in [2.45, 2.75) is 6.92 Å². The third-order valence-corrected chi connectivity index (χ3v) is 1.56. The molecule has 0 saturated carbocycles. The minimum Gasteiger partial charge on any atom is -0.507 e. The lowest BCUT2D eigenvalue weighted by molar-refractivity contribution is 0.249. The number of rotatable bonds is 2. The molecular weight excluding hydrogens is 182 g/mol. The predicted octanol–water partition coefficient (Wildman–Crippen LogP) is 0.703. The maximum Gasteiger partial charge on any atom is 0.332 e. The first-order chi connectivity index (χ1) is 6.59. The Balaban J connectivity index is 2.80. The summed E-state index contributed by atoms with van der Waals surface area (Å²) >= 11 is 0. The highest BCUT2D eigenvalue weighted by atomic mass is 16.3. The number of hydrogen-bond acceptors (Lipinski definition) is 3. The Hall–Kier alpha value is -2.04. The molecule has 0 saturated heterocycles. The largest absolute Gasteiger partial charge is 0.507 e. The van der Waals surface area contributed by atoms with Crippen molar-refractivity contribution < 1.29 is 9.90 Å². The molecule has 5 nitrogen and oxygen atoms in total. The van der Waals surface area contributed by atoms with Crippen LogP contribution in [-0.4, -0.2) is 17.4 Å². The Bertz CT molecular complexity index is 374. The van der Waals surface area contributed by atoms with Crippen LogP contribution in [0.1, 0.15) is 11.1 Å². The van der Waals surface area contributed by atoms with Crippen LogP contribution in [0.25, 0.3) is 0 Å². The fourth-order valence-electron chi connectivity index (χ4n) is 0.943. The summed E-state index contributed by atoms with van der Waals surface area (Å²) in [6.45, 7) is 1.89. The van der Waals surface area contributed by atoms with Crippen LogP contribution in [0.3, 0.4) is 0 Å². The summed E-state index contributed by atoms with van der Waals surface area (Å²) in [6.07, 6.45) is 1.33. The first kappa shape index (κ1) is 10.0. The van der Waals surface area contributed by atoms with E-state index >= 15 is 0 Å². The fraction of sp³-hybridized carbons (Fsp3) is 0.111. The highest BCUT2D eigenvalue weighted by Gasteiger charge is 1.97. The molecule has 1 aromatic rings. The van der Waals surface area contributed by atoms with Crippen LogP contribution in [0.4, 0.5) is 4.79 Å². The number of carbonyl (C=O) groups is 1. The Kier molecular flexibility index (Phi) is 3.06. The minimum absolute atomic E-state index is 0.102. The minimum atomic E-state index is -0.742. The molecule has 0 heterocycles. The van der Waals surface area contributed by atoms with Gasteiger partial charge in [-0.25, -0.2) is 10.2 Å². The molecule has 5 heteroatoms. The van der Waals surface area contributed by atoms with Crippen LogP contribution in [0.5, 0.6) is 5.75 Å². The van der Waals surface area contributed by atoms with Gasteiger partial charge >= 0.3 is 6.03 Å². The summed E-state index contributed by atoms with van der Waals surface area (Å²) in [5.74, 6) is 0.102. The van der Waals surface area contributed by atoms with E-state index in [2.05, 4.69) is 5.10 Å². The molecular formula is C9H11N3O2. The number of carbonyl (C=O) groups excluding carboxylic acids is 1. The quantitative estimate of drug-likeness (QED) is 0.477. The summed E-state index contributed by atoms with van der Waals surface area (Å²) < 4.78 is 0. The van der Waals surface area contributed by atoms with Gasteiger partial charge in [0.2, 0.25) is 0 Å². The van der Waals surface area contributed by atoms with E-state index < -0.39 is 6.03 Å². The Morgan fingerprint density at radius 3 is 3.00 bits per heavy atom. The van der Waals surface area contributed by atoms with Gasteiger partial charge < -0.3 is 10.8 Å². The van der Waals surface area contributed by atoms with Crippen LogP contribution >= 0.6 is 0 Å². The number of aryl methyl sites for hydroxylation is 1. The van der Waals surface area contributed by atoms with Crippen molar-refractivity contribution in [1.82, 2.24) is 5.43 Å². The second-order valence-corrected chi connectivity index (χ2v) is 2.80. The number of hydrazone groups is 1. The van der Waals surface area contributed by atoms with E-state index in [9.17, 15) is 9.90 Å². The van der Waals surface area contributed by atoms with Gasteiger partial charge in [-0.05, 0) is 19.1 Å². The molecule has 4 N–H and O–H groups in total. The van der Waals surface area contributed by atoms with E-state index in [0.717, 1.165) is 5.56 Å². The van der Waals surface area contributed by atoms with Gasteiger partial charge in [-0.1, -0.05) is 11.6 Å². The smallest absolute Gasteiger partial charge is 0.332 e. The molecule has 74 valence electrons. The van der Waals surface area contributed by atoms with E-state index in [1.54, 1.807) is 18.2 Å². The van der Waals surface area contributed by atoms with Crippen molar-refractivity contribution in [2.75, 3.05) is 0 Å². The summed E-state index contributed by atoms with van der Waals surface area (Å²) in [4.78, 5) is 10.3. The number of nitrogens with zero attached hydrogens (tertiary/aromatic N) is 1. The Morgan fingerprint density at radius 1 is 1.64 bits per heavy atom. The zero-order valence-electron chi connectivity index (χ0n) is 7.69. The lowest BCUT2D eigenvalue weighted by Gasteiger charge is -1.99. The summed E-state index contributed by atoms with van der Waals surface area (Å²) in [5, 5.41) is 12.9. The molecule has 0 atom stereocenters. The molecule has 0 fully saturated rings. The topological polar surface area (TPSA) is 87.7 Å². The Morgan fingerprint density at radius 2 is 2.36 bits per heavy atom. The third-order valence-electron chi connectivity index (χ3n) is 1.56. The van der Waals surface area contributed by atoms with Gasteiger partial charge in [0.05, 0.1) is 6.21 Å². The van der Waals surface area contributed by atoms with Crippen LogP contribution in [0.15, 0.2) is 23.3 Å². The number of primary amides is 1. The molecule has 0 aliphatic rings. The van der Waals surface area contributed by atoms with Gasteiger partial charge in [0.25, 0.3) is 0 Å². The maximum absolute atomic E-state index is 10.3. The second kappa shape index (κ2) is 4.27. The number of amides is 2. The van der Waals surface area contributed by atoms with Crippen molar-refractivity contribution in [3.63, 3.8) is 0 Å². The van der Waals surface area contributed by atoms with Crippen molar-refractivity contribution in [3.8, 4) is 5.75 Å².